The van der Waals surface area contributed by atoms with Crippen molar-refractivity contribution in [2.24, 2.45) is 0 Å². The van der Waals surface area contributed by atoms with Crippen LogP contribution in [0.5, 0.6) is 0 Å². The number of hydrogen-bond acceptors (Lipinski definition) is 7. The molecule has 0 aliphatic rings. The molecule has 2 aromatic heterocycles. The van der Waals surface area contributed by atoms with E-state index in [0.29, 0.717) is 15.8 Å². The zero-order chi connectivity index (χ0) is 21.7. The molecule has 30 heavy (non-hydrogen) atoms. The Morgan fingerprint density at radius 1 is 0.967 bits per heavy atom. The smallest absolute Gasteiger partial charge is 0.271 e. The zero-order valence-corrected chi connectivity index (χ0v) is 19.3. The van der Waals surface area contributed by atoms with Gasteiger partial charge in [-0.2, -0.15) is 4.98 Å². The molecule has 0 aliphatic heterocycles. The molecule has 2 heterocycles. The minimum Gasteiger partial charge on any atom is -0.357 e. The van der Waals surface area contributed by atoms with Crippen LogP contribution in [0.3, 0.4) is 0 Å². The molecular weight excluding hydrogens is 418 g/mol. The van der Waals surface area contributed by atoms with Gasteiger partial charge in [-0.1, -0.05) is 6.92 Å². The Labute approximate surface area is 182 Å². The van der Waals surface area contributed by atoms with E-state index in [1.54, 1.807) is 30.3 Å². The Balaban J connectivity index is 1.73. The molecule has 0 fully saturated rings. The highest BCUT2D eigenvalue weighted by atomic mass is 32.2. The van der Waals surface area contributed by atoms with E-state index in [9.17, 15) is 8.42 Å². The first-order valence-electron chi connectivity index (χ1n) is 9.93. The lowest BCUT2D eigenvalue weighted by atomic mass is 10.3. The Bertz CT molecular complexity index is 1090. The molecule has 2 N–H and O–H groups in total. The molecule has 7 nitrogen and oxygen atoms in total. The first-order chi connectivity index (χ1) is 14.3. The molecule has 0 atom stereocenters. The van der Waals surface area contributed by atoms with Crippen LogP contribution in [-0.4, -0.2) is 31.5 Å². The van der Waals surface area contributed by atoms with Gasteiger partial charge in [0, 0.05) is 41.1 Å². The van der Waals surface area contributed by atoms with Crippen LogP contribution in [0.4, 0.5) is 23.1 Å². The van der Waals surface area contributed by atoms with Crippen molar-refractivity contribution in [2.45, 2.75) is 38.3 Å². The summed E-state index contributed by atoms with van der Waals surface area (Å²) in [6, 6.07) is 12.5. The highest BCUT2D eigenvalue weighted by molar-refractivity contribution is 7.94. The van der Waals surface area contributed by atoms with E-state index in [2.05, 4.69) is 38.8 Å². The molecule has 0 saturated heterocycles. The summed E-state index contributed by atoms with van der Waals surface area (Å²) >= 11 is 1.29. The number of nitrogens with one attached hydrogen (secondary N) is 2. The van der Waals surface area contributed by atoms with Crippen LogP contribution < -0.4 is 14.9 Å². The van der Waals surface area contributed by atoms with E-state index in [1.807, 2.05) is 26.0 Å². The molecule has 0 bridgehead atoms. The van der Waals surface area contributed by atoms with Gasteiger partial charge >= 0.3 is 0 Å². The summed E-state index contributed by atoms with van der Waals surface area (Å²) in [5.74, 6) is 1.39. The fourth-order valence-corrected chi connectivity index (χ4v) is 5.32. The fourth-order valence-electron chi connectivity index (χ4n) is 2.97. The van der Waals surface area contributed by atoms with Gasteiger partial charge in [-0.05, 0) is 63.6 Å². The Morgan fingerprint density at radius 2 is 1.63 bits per heavy atom. The van der Waals surface area contributed by atoms with Crippen molar-refractivity contribution in [3.05, 3.63) is 53.0 Å². The van der Waals surface area contributed by atoms with Crippen molar-refractivity contribution in [3.63, 3.8) is 0 Å². The predicted octanol–water partition coefficient (Wildman–Crippen LogP) is 4.80. The number of hydrogen-bond donors (Lipinski definition) is 2. The molecule has 9 heteroatoms. The number of rotatable bonds is 9. The predicted molar refractivity (Wildman–Crippen MR) is 125 cm³/mol. The van der Waals surface area contributed by atoms with Crippen molar-refractivity contribution in [3.8, 4) is 0 Å². The quantitative estimate of drug-likeness (QED) is 0.492. The average molecular weight is 446 g/mol. The van der Waals surface area contributed by atoms with Crippen molar-refractivity contribution in [2.75, 3.05) is 28.0 Å². The Kier molecular flexibility index (Phi) is 6.94. The monoisotopic (exact) mass is 445 g/mol. The highest BCUT2D eigenvalue weighted by Gasteiger charge is 2.16. The number of anilines is 4. The number of thiophene rings is 1. The van der Waals surface area contributed by atoms with E-state index in [1.165, 1.54) is 11.3 Å². The van der Waals surface area contributed by atoms with E-state index >= 15 is 0 Å². The SMILES string of the molecule is CCc1ccc(S(=O)(=O)Nc2ccc(Nc3nc(C)cc(N(CC)CC)n3)cc2)s1. The maximum absolute atomic E-state index is 12.6. The van der Waals surface area contributed by atoms with Crippen LogP contribution in [0.1, 0.15) is 31.3 Å². The van der Waals surface area contributed by atoms with Crippen LogP contribution in [0.2, 0.25) is 0 Å². The van der Waals surface area contributed by atoms with Crippen molar-refractivity contribution >= 4 is 44.5 Å². The summed E-state index contributed by atoms with van der Waals surface area (Å²) in [6.45, 7) is 9.85. The third-order valence-electron chi connectivity index (χ3n) is 4.57. The maximum Gasteiger partial charge on any atom is 0.271 e. The van der Waals surface area contributed by atoms with Gasteiger partial charge in [0.25, 0.3) is 10.0 Å². The fraction of sp³-hybridized carbons (Fsp3) is 0.333. The number of sulfonamides is 1. The van der Waals surface area contributed by atoms with Gasteiger partial charge in [-0.3, -0.25) is 4.72 Å². The molecule has 1 aromatic carbocycles. The standard InChI is InChI=1S/C21H27N5O2S2/c1-5-18-12-13-20(29-18)30(27,28)25-17-10-8-16(9-11-17)23-21-22-15(4)14-19(24-21)26(6-2)7-3/h8-14,25H,5-7H2,1-4H3,(H,22,23,24). The van der Waals surface area contributed by atoms with Gasteiger partial charge in [0.1, 0.15) is 10.0 Å². The van der Waals surface area contributed by atoms with Crippen LogP contribution in [-0.2, 0) is 16.4 Å². The molecule has 0 unspecified atom stereocenters. The Hall–Kier alpha value is -2.65. The summed E-state index contributed by atoms with van der Waals surface area (Å²) < 4.78 is 28.1. The molecule has 3 aromatic rings. The molecule has 0 saturated carbocycles. The second-order valence-corrected chi connectivity index (χ2v) is 9.82. The third-order valence-corrected chi connectivity index (χ3v) is 7.67. The van der Waals surface area contributed by atoms with Gasteiger partial charge in [0.05, 0.1) is 0 Å². The largest absolute Gasteiger partial charge is 0.357 e. The molecule has 0 spiro atoms. The first-order valence-corrected chi connectivity index (χ1v) is 12.2. The summed E-state index contributed by atoms with van der Waals surface area (Å²) in [5, 5.41) is 3.20. The zero-order valence-electron chi connectivity index (χ0n) is 17.6. The summed E-state index contributed by atoms with van der Waals surface area (Å²) in [6.07, 6.45) is 0.817. The maximum atomic E-state index is 12.6. The normalized spacial score (nSPS) is 11.3. The topological polar surface area (TPSA) is 87.2 Å². The minimum atomic E-state index is -3.58. The van der Waals surface area contributed by atoms with E-state index < -0.39 is 10.0 Å². The molecule has 0 radical (unpaired) electrons. The minimum absolute atomic E-state index is 0.318. The van der Waals surface area contributed by atoms with E-state index in [-0.39, 0.29) is 0 Å². The average Bonchev–Trinajstić information content (AvgIpc) is 3.20. The summed E-state index contributed by atoms with van der Waals surface area (Å²) in [5.41, 5.74) is 2.15. The number of benzene rings is 1. The van der Waals surface area contributed by atoms with Crippen molar-refractivity contribution in [1.29, 1.82) is 0 Å². The van der Waals surface area contributed by atoms with Crippen LogP contribution in [0.25, 0.3) is 0 Å². The lowest BCUT2D eigenvalue weighted by molar-refractivity contribution is 0.603. The van der Waals surface area contributed by atoms with Crippen LogP contribution >= 0.6 is 11.3 Å². The number of nitrogens with zero attached hydrogens (tertiary/aromatic N) is 3. The molecule has 160 valence electrons. The van der Waals surface area contributed by atoms with E-state index in [0.717, 1.165) is 41.6 Å². The molecular formula is C21H27N5O2S2. The van der Waals surface area contributed by atoms with Crippen LogP contribution in [0.15, 0.2) is 46.7 Å². The molecule has 0 aliphatic carbocycles. The molecule has 3 rings (SSSR count). The van der Waals surface area contributed by atoms with E-state index in [4.69, 9.17) is 0 Å². The van der Waals surface area contributed by atoms with Crippen molar-refractivity contribution in [1.82, 2.24) is 9.97 Å². The number of aryl methyl sites for hydroxylation is 2. The molecule has 0 amide bonds. The summed E-state index contributed by atoms with van der Waals surface area (Å²) in [7, 11) is -3.58. The number of aromatic nitrogens is 2. The van der Waals surface area contributed by atoms with Crippen molar-refractivity contribution < 1.29 is 8.42 Å². The van der Waals surface area contributed by atoms with Gasteiger partial charge in [-0.15, -0.1) is 11.3 Å². The van der Waals surface area contributed by atoms with Gasteiger partial charge in [0.15, 0.2) is 0 Å². The lowest BCUT2D eigenvalue weighted by Gasteiger charge is -2.20. The third kappa shape index (κ3) is 5.28. The second-order valence-electron chi connectivity index (χ2n) is 6.75. The first kappa shape index (κ1) is 22.0. The van der Waals surface area contributed by atoms with Gasteiger partial charge in [0.2, 0.25) is 5.95 Å². The highest BCUT2D eigenvalue weighted by Crippen LogP contribution is 2.25. The van der Waals surface area contributed by atoms with Gasteiger partial charge in [-0.25, -0.2) is 13.4 Å². The summed E-state index contributed by atoms with van der Waals surface area (Å²) in [4.78, 5) is 12.2. The second kappa shape index (κ2) is 9.44. The lowest BCUT2D eigenvalue weighted by Crippen LogP contribution is -2.23. The van der Waals surface area contributed by atoms with Gasteiger partial charge < -0.3 is 10.2 Å². The Morgan fingerprint density at radius 3 is 2.23 bits per heavy atom. The van der Waals surface area contributed by atoms with Crippen LogP contribution in [0, 0.1) is 6.92 Å².